The lowest BCUT2D eigenvalue weighted by Gasteiger charge is -2.09. The van der Waals surface area contributed by atoms with Gasteiger partial charge in [0.05, 0.1) is 0 Å². The summed E-state index contributed by atoms with van der Waals surface area (Å²) in [6.45, 7) is 4.14. The van der Waals surface area contributed by atoms with E-state index in [1.54, 1.807) is 0 Å². The third-order valence-corrected chi connectivity index (χ3v) is 2.63. The van der Waals surface area contributed by atoms with Gasteiger partial charge in [-0.3, -0.25) is 4.79 Å². The molecule has 1 amide bonds. The molecule has 1 aliphatic carbocycles. The molecule has 0 bridgehead atoms. The first-order valence-electron chi connectivity index (χ1n) is 5.64. The average molecular weight is 219 g/mol. The molecule has 0 heterocycles. The van der Waals surface area contributed by atoms with E-state index in [1.807, 2.05) is 32.0 Å². The summed E-state index contributed by atoms with van der Waals surface area (Å²) in [7, 11) is 0. The monoisotopic (exact) mass is 219 g/mol. The number of carbonyl (C=O) groups is 1. The molecule has 3 nitrogen and oxygen atoms in total. The van der Waals surface area contributed by atoms with E-state index in [0.29, 0.717) is 6.04 Å². The Morgan fingerprint density at radius 2 is 2.19 bits per heavy atom. The number of hydrogen-bond acceptors (Lipinski definition) is 2. The zero-order valence-corrected chi connectivity index (χ0v) is 9.75. The third kappa shape index (κ3) is 2.99. The van der Waals surface area contributed by atoms with Crippen LogP contribution in [0.4, 0.5) is 0 Å². The second-order valence-electron chi connectivity index (χ2n) is 4.40. The van der Waals surface area contributed by atoms with E-state index in [4.69, 9.17) is 4.74 Å². The van der Waals surface area contributed by atoms with Crippen LogP contribution in [0.15, 0.2) is 18.2 Å². The van der Waals surface area contributed by atoms with E-state index in [1.165, 1.54) is 5.56 Å². The van der Waals surface area contributed by atoms with Gasteiger partial charge in [0.2, 0.25) is 0 Å². The van der Waals surface area contributed by atoms with Crippen molar-refractivity contribution in [2.75, 3.05) is 6.61 Å². The quantitative estimate of drug-likeness (QED) is 0.840. The lowest BCUT2D eigenvalue weighted by Crippen LogP contribution is -2.30. The Bertz CT molecular complexity index is 397. The van der Waals surface area contributed by atoms with Crippen molar-refractivity contribution in [1.29, 1.82) is 0 Å². The molecule has 1 aromatic rings. The zero-order chi connectivity index (χ0) is 11.5. The van der Waals surface area contributed by atoms with E-state index in [2.05, 4.69) is 5.32 Å². The van der Waals surface area contributed by atoms with Crippen LogP contribution in [0.1, 0.15) is 24.0 Å². The van der Waals surface area contributed by atoms with Crippen LogP contribution in [0.25, 0.3) is 0 Å². The van der Waals surface area contributed by atoms with Gasteiger partial charge in [-0.2, -0.15) is 0 Å². The van der Waals surface area contributed by atoms with Gasteiger partial charge in [-0.15, -0.1) is 0 Å². The van der Waals surface area contributed by atoms with Crippen LogP contribution >= 0.6 is 0 Å². The van der Waals surface area contributed by atoms with E-state index in [-0.39, 0.29) is 12.5 Å². The maximum atomic E-state index is 11.4. The largest absolute Gasteiger partial charge is 0.484 e. The SMILES string of the molecule is Cc1ccc(OCC(=O)NC2CC2)c(C)c1. The van der Waals surface area contributed by atoms with Crippen molar-refractivity contribution in [3.63, 3.8) is 0 Å². The highest BCUT2D eigenvalue weighted by molar-refractivity contribution is 5.78. The maximum Gasteiger partial charge on any atom is 0.258 e. The Morgan fingerprint density at radius 1 is 1.44 bits per heavy atom. The molecular formula is C13H17NO2. The van der Waals surface area contributed by atoms with Crippen molar-refractivity contribution in [2.24, 2.45) is 0 Å². The summed E-state index contributed by atoms with van der Waals surface area (Å²) >= 11 is 0. The number of ether oxygens (including phenoxy) is 1. The molecule has 0 saturated heterocycles. The van der Waals surface area contributed by atoms with E-state index >= 15 is 0 Å². The van der Waals surface area contributed by atoms with Crippen molar-refractivity contribution in [3.05, 3.63) is 29.3 Å². The highest BCUT2D eigenvalue weighted by Gasteiger charge is 2.23. The molecular weight excluding hydrogens is 202 g/mol. The standard InChI is InChI=1S/C13H17NO2/c1-9-3-6-12(10(2)7-9)16-8-13(15)14-11-4-5-11/h3,6-7,11H,4-5,8H2,1-2H3,(H,14,15). The Balaban J connectivity index is 1.85. The summed E-state index contributed by atoms with van der Waals surface area (Å²) in [4.78, 5) is 11.4. The molecule has 1 aliphatic rings. The Labute approximate surface area is 95.8 Å². The normalized spacial score (nSPS) is 14.6. The minimum Gasteiger partial charge on any atom is -0.484 e. The number of aryl methyl sites for hydroxylation is 2. The van der Waals surface area contributed by atoms with Crippen molar-refractivity contribution in [1.82, 2.24) is 5.32 Å². The topological polar surface area (TPSA) is 38.3 Å². The molecule has 0 aromatic heterocycles. The number of carbonyl (C=O) groups excluding carboxylic acids is 1. The summed E-state index contributed by atoms with van der Waals surface area (Å²) in [5, 5.41) is 2.89. The van der Waals surface area contributed by atoms with Gasteiger partial charge in [-0.05, 0) is 38.3 Å². The van der Waals surface area contributed by atoms with Crippen molar-refractivity contribution >= 4 is 5.91 Å². The number of hydrogen-bond donors (Lipinski definition) is 1. The first-order chi connectivity index (χ1) is 7.65. The van der Waals surface area contributed by atoms with Gasteiger partial charge >= 0.3 is 0 Å². The number of amides is 1. The highest BCUT2D eigenvalue weighted by atomic mass is 16.5. The molecule has 2 rings (SSSR count). The zero-order valence-electron chi connectivity index (χ0n) is 9.75. The Kier molecular flexibility index (Phi) is 3.13. The summed E-state index contributed by atoms with van der Waals surface area (Å²) < 4.78 is 5.47. The van der Waals surface area contributed by atoms with Crippen LogP contribution < -0.4 is 10.1 Å². The summed E-state index contributed by atoms with van der Waals surface area (Å²) in [5.74, 6) is 0.763. The Hall–Kier alpha value is -1.51. The van der Waals surface area contributed by atoms with Crippen LogP contribution in [0.2, 0.25) is 0 Å². The van der Waals surface area contributed by atoms with Crippen LogP contribution in [0.5, 0.6) is 5.75 Å². The number of rotatable bonds is 4. The van der Waals surface area contributed by atoms with E-state index in [0.717, 1.165) is 24.2 Å². The molecule has 16 heavy (non-hydrogen) atoms. The fourth-order valence-corrected chi connectivity index (χ4v) is 1.60. The van der Waals surface area contributed by atoms with Crippen molar-refractivity contribution in [2.45, 2.75) is 32.7 Å². The van der Waals surface area contributed by atoms with Crippen LogP contribution in [0.3, 0.4) is 0 Å². The van der Waals surface area contributed by atoms with Gasteiger partial charge in [-0.25, -0.2) is 0 Å². The number of benzene rings is 1. The third-order valence-electron chi connectivity index (χ3n) is 2.63. The van der Waals surface area contributed by atoms with Crippen LogP contribution in [-0.2, 0) is 4.79 Å². The van der Waals surface area contributed by atoms with E-state index < -0.39 is 0 Å². The molecule has 3 heteroatoms. The van der Waals surface area contributed by atoms with Gasteiger partial charge < -0.3 is 10.1 Å². The molecule has 1 aromatic carbocycles. The molecule has 1 N–H and O–H groups in total. The lowest BCUT2D eigenvalue weighted by molar-refractivity contribution is -0.123. The lowest BCUT2D eigenvalue weighted by atomic mass is 10.1. The van der Waals surface area contributed by atoms with Gasteiger partial charge in [0.25, 0.3) is 5.91 Å². The number of nitrogens with one attached hydrogen (secondary N) is 1. The summed E-state index contributed by atoms with van der Waals surface area (Å²) in [6.07, 6.45) is 2.21. The second-order valence-corrected chi connectivity index (χ2v) is 4.40. The first kappa shape index (κ1) is 11.0. The van der Waals surface area contributed by atoms with Crippen molar-refractivity contribution < 1.29 is 9.53 Å². The van der Waals surface area contributed by atoms with Gasteiger partial charge in [0.1, 0.15) is 5.75 Å². The summed E-state index contributed by atoms with van der Waals surface area (Å²) in [5.41, 5.74) is 2.27. The average Bonchev–Trinajstić information content (AvgIpc) is 3.00. The fourth-order valence-electron chi connectivity index (χ4n) is 1.60. The molecule has 0 atom stereocenters. The summed E-state index contributed by atoms with van der Waals surface area (Å²) in [6, 6.07) is 6.35. The first-order valence-corrected chi connectivity index (χ1v) is 5.64. The van der Waals surface area contributed by atoms with Gasteiger partial charge in [0, 0.05) is 6.04 Å². The predicted molar refractivity (Wildman–Crippen MR) is 62.6 cm³/mol. The molecule has 1 fully saturated rings. The predicted octanol–water partition coefficient (Wildman–Crippen LogP) is 1.96. The highest BCUT2D eigenvalue weighted by Crippen LogP contribution is 2.20. The molecule has 86 valence electrons. The maximum absolute atomic E-state index is 11.4. The smallest absolute Gasteiger partial charge is 0.258 e. The molecule has 1 saturated carbocycles. The van der Waals surface area contributed by atoms with Crippen LogP contribution in [0, 0.1) is 13.8 Å². The Morgan fingerprint density at radius 3 is 2.81 bits per heavy atom. The molecule has 0 radical (unpaired) electrons. The fraction of sp³-hybridized carbons (Fsp3) is 0.462. The van der Waals surface area contributed by atoms with Gasteiger partial charge in [-0.1, -0.05) is 17.7 Å². The second kappa shape index (κ2) is 4.56. The molecule has 0 unspecified atom stereocenters. The minimum absolute atomic E-state index is 0.0255. The minimum atomic E-state index is -0.0255. The van der Waals surface area contributed by atoms with Gasteiger partial charge in [0.15, 0.2) is 6.61 Å². The molecule has 0 aliphatic heterocycles. The molecule has 0 spiro atoms. The van der Waals surface area contributed by atoms with Crippen molar-refractivity contribution in [3.8, 4) is 5.75 Å². The van der Waals surface area contributed by atoms with Crippen LogP contribution in [-0.4, -0.2) is 18.6 Å². The van der Waals surface area contributed by atoms with E-state index in [9.17, 15) is 4.79 Å².